The van der Waals surface area contributed by atoms with Gasteiger partial charge in [-0.05, 0) is 69.4 Å². The fourth-order valence-electron chi connectivity index (χ4n) is 5.78. The Morgan fingerprint density at radius 3 is 2.27 bits per heavy atom. The highest BCUT2D eigenvalue weighted by Gasteiger charge is 2.56. The van der Waals surface area contributed by atoms with E-state index >= 15 is 0 Å². The molecule has 0 unspecified atom stereocenters. The third-order valence-corrected chi connectivity index (χ3v) is 6.98. The SMILES string of the molecule is CC.COc1ccc([C@]23CCN(C)[C@H]2CC2(CC3)CN(C)C2)cc1OC. The number of methoxy groups -OCH3 is 2. The minimum absolute atomic E-state index is 0.285. The van der Waals surface area contributed by atoms with E-state index in [1.165, 1.54) is 50.9 Å². The van der Waals surface area contributed by atoms with Gasteiger partial charge in [-0.1, -0.05) is 19.9 Å². The van der Waals surface area contributed by atoms with Gasteiger partial charge in [0.25, 0.3) is 0 Å². The molecule has 1 saturated carbocycles. The standard InChI is InChI=1S/C20H30N2O2.C2H6/c1-21-13-19(14-21)7-8-20(9-10-22(2)18(20)12-19)15-5-6-16(23-3)17(11-15)24-4;1-2/h5-6,11,18H,7-10,12-14H2,1-4H3;1-2H3/t18-,20-;/m0./s1. The van der Waals surface area contributed by atoms with Crippen molar-refractivity contribution in [3.05, 3.63) is 23.8 Å². The first-order chi connectivity index (χ1) is 12.5. The Morgan fingerprint density at radius 2 is 1.65 bits per heavy atom. The molecule has 146 valence electrons. The third-order valence-electron chi connectivity index (χ3n) is 6.98. The van der Waals surface area contributed by atoms with E-state index in [0.717, 1.165) is 11.5 Å². The van der Waals surface area contributed by atoms with Crippen molar-refractivity contribution in [2.24, 2.45) is 5.41 Å². The van der Waals surface area contributed by atoms with E-state index < -0.39 is 0 Å². The topological polar surface area (TPSA) is 24.9 Å². The van der Waals surface area contributed by atoms with Crippen LogP contribution >= 0.6 is 0 Å². The van der Waals surface area contributed by atoms with E-state index in [9.17, 15) is 0 Å². The van der Waals surface area contributed by atoms with Crippen molar-refractivity contribution in [1.29, 1.82) is 0 Å². The van der Waals surface area contributed by atoms with Crippen LogP contribution in [-0.2, 0) is 5.41 Å². The van der Waals surface area contributed by atoms with Crippen molar-refractivity contribution >= 4 is 0 Å². The summed E-state index contributed by atoms with van der Waals surface area (Å²) in [5.74, 6) is 1.69. The van der Waals surface area contributed by atoms with Gasteiger partial charge in [-0.3, -0.25) is 0 Å². The fraction of sp³-hybridized carbons (Fsp3) is 0.727. The van der Waals surface area contributed by atoms with E-state index in [4.69, 9.17) is 9.47 Å². The van der Waals surface area contributed by atoms with Crippen molar-refractivity contribution in [2.45, 2.75) is 51.0 Å². The normalized spacial score (nSPS) is 30.2. The molecule has 4 nitrogen and oxygen atoms in total. The molecule has 2 atom stereocenters. The van der Waals surface area contributed by atoms with Crippen LogP contribution in [0.15, 0.2) is 18.2 Å². The molecule has 0 radical (unpaired) electrons. The van der Waals surface area contributed by atoms with Crippen LogP contribution in [0.2, 0.25) is 0 Å². The molecule has 0 aromatic heterocycles. The second-order valence-corrected chi connectivity index (χ2v) is 8.35. The minimum Gasteiger partial charge on any atom is -0.493 e. The predicted octanol–water partition coefficient (Wildman–Crippen LogP) is 3.79. The summed E-state index contributed by atoms with van der Waals surface area (Å²) in [5.41, 5.74) is 2.29. The van der Waals surface area contributed by atoms with Crippen molar-refractivity contribution in [2.75, 3.05) is 47.9 Å². The molecule has 2 heterocycles. The van der Waals surface area contributed by atoms with E-state index in [1.807, 2.05) is 13.8 Å². The molecular weight excluding hydrogens is 324 g/mol. The van der Waals surface area contributed by atoms with Crippen LogP contribution in [0.3, 0.4) is 0 Å². The summed E-state index contributed by atoms with van der Waals surface area (Å²) < 4.78 is 11.0. The van der Waals surface area contributed by atoms with Gasteiger partial charge >= 0.3 is 0 Å². The molecule has 0 N–H and O–H groups in total. The average molecular weight is 361 g/mol. The summed E-state index contributed by atoms with van der Waals surface area (Å²) in [6.07, 6.45) is 5.25. The average Bonchev–Trinajstić information content (AvgIpc) is 2.99. The zero-order chi connectivity index (χ0) is 18.9. The Balaban J connectivity index is 0.000000948. The molecule has 3 aliphatic rings. The highest BCUT2D eigenvalue weighted by atomic mass is 16.5. The number of hydrogen-bond donors (Lipinski definition) is 0. The lowest BCUT2D eigenvalue weighted by Crippen LogP contribution is -2.61. The van der Waals surface area contributed by atoms with Crippen molar-refractivity contribution in [3.8, 4) is 11.5 Å². The zero-order valence-electron chi connectivity index (χ0n) is 17.5. The van der Waals surface area contributed by atoms with Crippen LogP contribution < -0.4 is 9.47 Å². The van der Waals surface area contributed by atoms with Gasteiger partial charge in [0.05, 0.1) is 14.2 Å². The van der Waals surface area contributed by atoms with Crippen LogP contribution in [0.25, 0.3) is 0 Å². The summed E-state index contributed by atoms with van der Waals surface area (Å²) in [6.45, 7) is 7.75. The van der Waals surface area contributed by atoms with Gasteiger partial charge in [0.1, 0.15) is 0 Å². The van der Waals surface area contributed by atoms with E-state index in [1.54, 1.807) is 14.2 Å². The molecule has 1 aromatic rings. The molecule has 2 aliphatic heterocycles. The third kappa shape index (κ3) is 3.01. The monoisotopic (exact) mass is 360 g/mol. The first-order valence-electron chi connectivity index (χ1n) is 10.1. The molecule has 1 spiro atoms. The molecular formula is C22H36N2O2. The summed E-state index contributed by atoms with van der Waals surface area (Å²) in [5, 5.41) is 0. The number of benzene rings is 1. The lowest BCUT2D eigenvalue weighted by atomic mass is 9.56. The van der Waals surface area contributed by atoms with Gasteiger partial charge in [0.2, 0.25) is 0 Å². The fourth-order valence-corrected chi connectivity index (χ4v) is 5.78. The van der Waals surface area contributed by atoms with Crippen LogP contribution in [0, 0.1) is 5.41 Å². The number of likely N-dealkylation sites (N-methyl/N-ethyl adjacent to an activating group) is 1. The lowest BCUT2D eigenvalue weighted by molar-refractivity contribution is -0.0477. The number of hydrogen-bond acceptors (Lipinski definition) is 4. The Kier molecular flexibility index (Phi) is 5.55. The summed E-state index contributed by atoms with van der Waals surface area (Å²) in [4.78, 5) is 5.08. The van der Waals surface area contributed by atoms with Crippen LogP contribution in [-0.4, -0.2) is 63.8 Å². The minimum atomic E-state index is 0.285. The Labute approximate surface area is 159 Å². The highest BCUT2D eigenvalue weighted by molar-refractivity contribution is 5.46. The zero-order valence-corrected chi connectivity index (χ0v) is 17.5. The molecule has 3 fully saturated rings. The first-order valence-corrected chi connectivity index (χ1v) is 10.1. The number of ether oxygens (including phenoxy) is 2. The maximum absolute atomic E-state index is 5.58. The molecule has 1 aromatic carbocycles. The van der Waals surface area contributed by atoms with Gasteiger partial charge in [0.15, 0.2) is 11.5 Å². The number of nitrogens with zero attached hydrogens (tertiary/aromatic N) is 2. The van der Waals surface area contributed by atoms with Gasteiger partial charge in [-0.2, -0.15) is 0 Å². The second-order valence-electron chi connectivity index (χ2n) is 8.35. The number of fused-ring (bicyclic) bond motifs is 1. The summed E-state index contributed by atoms with van der Waals surface area (Å²) in [6, 6.07) is 7.24. The molecule has 26 heavy (non-hydrogen) atoms. The van der Waals surface area contributed by atoms with Crippen LogP contribution in [0.1, 0.15) is 45.1 Å². The van der Waals surface area contributed by atoms with Crippen LogP contribution in [0.5, 0.6) is 11.5 Å². The summed E-state index contributed by atoms with van der Waals surface area (Å²) >= 11 is 0. The second kappa shape index (κ2) is 7.40. The van der Waals surface area contributed by atoms with E-state index in [-0.39, 0.29) is 5.41 Å². The van der Waals surface area contributed by atoms with E-state index in [2.05, 4.69) is 42.1 Å². The molecule has 4 rings (SSSR count). The van der Waals surface area contributed by atoms with Gasteiger partial charge < -0.3 is 19.3 Å². The van der Waals surface area contributed by atoms with Gasteiger partial charge in [0, 0.05) is 24.5 Å². The van der Waals surface area contributed by atoms with Gasteiger partial charge in [-0.25, -0.2) is 0 Å². The quantitative estimate of drug-likeness (QED) is 0.819. The first kappa shape index (κ1) is 19.5. The van der Waals surface area contributed by atoms with E-state index in [0.29, 0.717) is 11.5 Å². The van der Waals surface area contributed by atoms with Crippen molar-refractivity contribution in [1.82, 2.24) is 9.80 Å². The Morgan fingerprint density at radius 1 is 0.962 bits per heavy atom. The van der Waals surface area contributed by atoms with Crippen molar-refractivity contribution < 1.29 is 9.47 Å². The molecule has 0 amide bonds. The van der Waals surface area contributed by atoms with Crippen molar-refractivity contribution in [3.63, 3.8) is 0 Å². The predicted molar refractivity (Wildman–Crippen MR) is 107 cm³/mol. The molecule has 1 aliphatic carbocycles. The lowest BCUT2D eigenvalue weighted by Gasteiger charge is -2.57. The van der Waals surface area contributed by atoms with Gasteiger partial charge in [-0.15, -0.1) is 0 Å². The molecule has 4 heteroatoms. The Bertz CT molecular complexity index is 627. The molecule has 2 saturated heterocycles. The maximum Gasteiger partial charge on any atom is 0.161 e. The molecule has 0 bridgehead atoms. The smallest absolute Gasteiger partial charge is 0.161 e. The summed E-state index contributed by atoms with van der Waals surface area (Å²) in [7, 11) is 8.01. The number of likely N-dealkylation sites (tertiary alicyclic amines) is 2. The van der Waals surface area contributed by atoms with Crippen LogP contribution in [0.4, 0.5) is 0 Å². The largest absolute Gasteiger partial charge is 0.493 e. The highest BCUT2D eigenvalue weighted by Crippen LogP contribution is 2.56. The Hall–Kier alpha value is -1.26. The maximum atomic E-state index is 5.58. The number of rotatable bonds is 3.